The van der Waals surface area contributed by atoms with Crippen molar-refractivity contribution in [2.24, 2.45) is 0 Å². The second-order valence-corrected chi connectivity index (χ2v) is 9.08. The average Bonchev–Trinajstić information content (AvgIpc) is 2.84. The lowest BCUT2D eigenvalue weighted by Gasteiger charge is -2.39. The molecule has 0 amide bonds. The van der Waals surface area contributed by atoms with E-state index in [1.807, 2.05) is 13.8 Å². The van der Waals surface area contributed by atoms with Crippen LogP contribution in [0.2, 0.25) is 0 Å². The molecular weight excluding hydrogens is 338 g/mol. The Balaban J connectivity index is 2.21. The molecular formula is C15H17NO5S2. The first-order chi connectivity index (χ1) is 10.6. The van der Waals surface area contributed by atoms with Crippen molar-refractivity contribution < 1.29 is 22.7 Å². The summed E-state index contributed by atoms with van der Waals surface area (Å²) in [6.07, 6.45) is 1.18. The molecule has 0 saturated heterocycles. The van der Waals surface area contributed by atoms with Gasteiger partial charge in [0, 0.05) is 10.8 Å². The summed E-state index contributed by atoms with van der Waals surface area (Å²) in [6.45, 7) is 3.91. The number of ether oxygens (including phenoxy) is 2. The van der Waals surface area contributed by atoms with E-state index < -0.39 is 21.6 Å². The van der Waals surface area contributed by atoms with Crippen molar-refractivity contribution in [3.05, 3.63) is 23.1 Å². The molecule has 0 radical (unpaired) electrons. The molecule has 0 bridgehead atoms. The number of esters is 1. The minimum absolute atomic E-state index is 0.234. The van der Waals surface area contributed by atoms with Gasteiger partial charge >= 0.3 is 5.97 Å². The lowest BCUT2D eigenvalue weighted by Crippen LogP contribution is -2.48. The quantitative estimate of drug-likeness (QED) is 0.774. The second kappa shape index (κ2) is 5.10. The fourth-order valence-electron chi connectivity index (χ4n) is 2.59. The first kappa shape index (κ1) is 16.1. The van der Waals surface area contributed by atoms with Crippen LogP contribution in [0.25, 0.3) is 10.1 Å². The average molecular weight is 355 g/mol. The first-order valence-corrected chi connectivity index (χ1v) is 9.60. The Bertz CT molecular complexity index is 898. The van der Waals surface area contributed by atoms with Gasteiger partial charge in [0.25, 0.3) is 0 Å². The molecule has 1 aromatic heterocycles. The van der Waals surface area contributed by atoms with E-state index in [9.17, 15) is 13.2 Å². The van der Waals surface area contributed by atoms with Gasteiger partial charge in [0.1, 0.15) is 16.2 Å². The number of benzene rings is 1. The highest BCUT2D eigenvalue weighted by Crippen LogP contribution is 2.43. The van der Waals surface area contributed by atoms with Crippen molar-refractivity contribution in [3.8, 4) is 5.75 Å². The molecule has 0 N–H and O–H groups in total. The molecule has 1 aliphatic heterocycles. The van der Waals surface area contributed by atoms with Crippen LogP contribution < -0.4 is 9.04 Å². The van der Waals surface area contributed by atoms with E-state index in [4.69, 9.17) is 9.47 Å². The van der Waals surface area contributed by atoms with E-state index in [1.165, 1.54) is 29.0 Å². The van der Waals surface area contributed by atoms with Gasteiger partial charge in [0.2, 0.25) is 10.0 Å². The van der Waals surface area contributed by atoms with Crippen molar-refractivity contribution in [1.82, 2.24) is 0 Å². The lowest BCUT2D eigenvalue weighted by atomic mass is 10.1. The third-order valence-electron chi connectivity index (χ3n) is 3.56. The number of methoxy groups -OCH3 is 1. The second-order valence-electron chi connectivity index (χ2n) is 6.09. The van der Waals surface area contributed by atoms with Gasteiger partial charge in [-0.3, -0.25) is 4.31 Å². The van der Waals surface area contributed by atoms with Gasteiger partial charge < -0.3 is 9.47 Å². The van der Waals surface area contributed by atoms with Crippen LogP contribution in [0.4, 0.5) is 5.69 Å². The molecule has 0 fully saturated rings. The number of hydrogen-bond donors (Lipinski definition) is 0. The number of anilines is 1. The molecule has 23 heavy (non-hydrogen) atoms. The van der Waals surface area contributed by atoms with Crippen molar-refractivity contribution in [1.29, 1.82) is 0 Å². The summed E-state index contributed by atoms with van der Waals surface area (Å²) in [5.74, 6) is 0.0860. The highest BCUT2D eigenvalue weighted by atomic mass is 32.2. The summed E-state index contributed by atoms with van der Waals surface area (Å²) in [5.41, 5.74) is -0.139. The van der Waals surface area contributed by atoms with Crippen LogP contribution in [0.5, 0.6) is 5.75 Å². The van der Waals surface area contributed by atoms with Crippen LogP contribution >= 0.6 is 11.3 Å². The van der Waals surface area contributed by atoms with Crippen molar-refractivity contribution in [2.45, 2.75) is 19.4 Å². The Hall–Kier alpha value is -1.80. The smallest absolute Gasteiger partial charge is 0.348 e. The molecule has 0 aliphatic carbocycles. The lowest BCUT2D eigenvalue weighted by molar-refractivity contribution is 0.0606. The van der Waals surface area contributed by atoms with E-state index in [0.717, 1.165) is 10.1 Å². The molecule has 8 heteroatoms. The zero-order chi connectivity index (χ0) is 17.0. The van der Waals surface area contributed by atoms with Gasteiger partial charge in [-0.25, -0.2) is 13.2 Å². The van der Waals surface area contributed by atoms with Crippen molar-refractivity contribution >= 4 is 43.1 Å². The zero-order valence-electron chi connectivity index (χ0n) is 13.2. The van der Waals surface area contributed by atoms with Crippen LogP contribution in [0.3, 0.4) is 0 Å². The van der Waals surface area contributed by atoms with Crippen molar-refractivity contribution in [3.63, 3.8) is 0 Å². The van der Waals surface area contributed by atoms with Gasteiger partial charge in [-0.2, -0.15) is 0 Å². The number of fused-ring (bicyclic) bond motifs is 2. The molecule has 0 spiro atoms. The van der Waals surface area contributed by atoms with Crippen LogP contribution in [-0.2, 0) is 14.8 Å². The number of sulfonamides is 1. The Morgan fingerprint density at radius 1 is 1.35 bits per heavy atom. The van der Waals surface area contributed by atoms with E-state index in [-0.39, 0.29) is 6.54 Å². The van der Waals surface area contributed by atoms with Gasteiger partial charge in [-0.15, -0.1) is 11.3 Å². The van der Waals surface area contributed by atoms with E-state index in [2.05, 4.69) is 0 Å². The molecule has 2 heterocycles. The normalized spacial score (nSPS) is 16.8. The van der Waals surface area contributed by atoms with Gasteiger partial charge in [-0.05, 0) is 31.4 Å². The number of thiophene rings is 1. The predicted octanol–water partition coefficient (Wildman–Crippen LogP) is 2.62. The highest BCUT2D eigenvalue weighted by molar-refractivity contribution is 7.92. The Morgan fingerprint density at radius 2 is 2.04 bits per heavy atom. The third kappa shape index (κ3) is 2.88. The minimum atomic E-state index is -3.43. The topological polar surface area (TPSA) is 72.9 Å². The minimum Gasteiger partial charge on any atom is -0.484 e. The fraction of sp³-hybridized carbons (Fsp3) is 0.400. The Labute approximate surface area is 138 Å². The number of hydrogen-bond acceptors (Lipinski definition) is 6. The monoisotopic (exact) mass is 355 g/mol. The summed E-state index contributed by atoms with van der Waals surface area (Å²) in [5, 5.41) is 0.783. The Morgan fingerprint density at radius 3 is 2.65 bits per heavy atom. The van der Waals surface area contributed by atoms with Crippen LogP contribution in [0, 0.1) is 0 Å². The fourth-order valence-corrected chi connectivity index (χ4v) is 4.63. The van der Waals surface area contributed by atoms with Gasteiger partial charge in [0.15, 0.2) is 0 Å². The summed E-state index contributed by atoms with van der Waals surface area (Å²) >= 11 is 1.29. The third-order valence-corrected chi connectivity index (χ3v) is 5.77. The molecule has 2 aromatic rings. The molecule has 124 valence electrons. The summed E-state index contributed by atoms with van der Waals surface area (Å²) in [4.78, 5) is 12.1. The first-order valence-electron chi connectivity index (χ1n) is 6.93. The molecule has 3 rings (SSSR count). The Kier molecular flexibility index (Phi) is 3.57. The van der Waals surface area contributed by atoms with Crippen LogP contribution in [0.15, 0.2) is 18.2 Å². The predicted molar refractivity (Wildman–Crippen MR) is 90.1 cm³/mol. The number of rotatable bonds is 2. The number of carbonyl (C=O) groups excluding carboxylic acids is 1. The molecule has 1 aromatic carbocycles. The molecule has 0 saturated carbocycles. The van der Waals surface area contributed by atoms with E-state index >= 15 is 0 Å². The van der Waals surface area contributed by atoms with Gasteiger partial charge in [0.05, 0.1) is 25.6 Å². The number of carbonyl (C=O) groups is 1. The molecule has 0 unspecified atom stereocenters. The largest absolute Gasteiger partial charge is 0.484 e. The summed E-state index contributed by atoms with van der Waals surface area (Å²) < 4.78 is 37.1. The maximum atomic E-state index is 12.1. The maximum Gasteiger partial charge on any atom is 0.348 e. The van der Waals surface area contributed by atoms with Crippen LogP contribution in [-0.4, -0.2) is 39.9 Å². The number of nitrogens with zero attached hydrogens (tertiary/aromatic N) is 1. The highest BCUT2D eigenvalue weighted by Gasteiger charge is 2.36. The van der Waals surface area contributed by atoms with E-state index in [0.29, 0.717) is 16.3 Å². The van der Waals surface area contributed by atoms with Crippen molar-refractivity contribution in [2.75, 3.05) is 24.2 Å². The van der Waals surface area contributed by atoms with Gasteiger partial charge in [-0.1, -0.05) is 0 Å². The zero-order valence-corrected chi connectivity index (χ0v) is 14.9. The SMILES string of the molecule is COC(=O)c1cc2cc3c(cc2s1)OC(C)(C)CN3S(C)(=O)=O. The molecule has 6 nitrogen and oxygen atoms in total. The summed E-state index contributed by atoms with van der Waals surface area (Å²) in [7, 11) is -2.10. The van der Waals surface area contributed by atoms with E-state index in [1.54, 1.807) is 18.2 Å². The van der Waals surface area contributed by atoms with Crippen LogP contribution in [0.1, 0.15) is 23.5 Å². The molecule has 0 atom stereocenters. The standard InChI is InChI=1S/C15H17NO5S2/c1-15(2)8-16(23(4,18)19)10-5-9-6-13(14(17)20-3)22-12(9)7-11(10)21-15/h5-7H,8H2,1-4H3. The molecule has 1 aliphatic rings. The summed E-state index contributed by atoms with van der Waals surface area (Å²) in [6, 6.07) is 5.22. The maximum absolute atomic E-state index is 12.1.